The first-order valence-electron chi connectivity index (χ1n) is 19.7. The van der Waals surface area contributed by atoms with E-state index in [9.17, 15) is 0 Å². The molecule has 3 nitrogen and oxygen atoms in total. The minimum Gasteiger partial charge on any atom is -0.435 e. The summed E-state index contributed by atoms with van der Waals surface area (Å²) in [5.41, 5.74) is 13.1. The van der Waals surface area contributed by atoms with Gasteiger partial charge < -0.3 is 9.32 Å². The van der Waals surface area contributed by atoms with E-state index < -0.39 is 0 Å². The van der Waals surface area contributed by atoms with Crippen LogP contribution in [0.25, 0.3) is 88.3 Å². The zero-order valence-corrected chi connectivity index (χ0v) is 31.6. The Morgan fingerprint density at radius 1 is 0.310 bits per heavy atom. The van der Waals surface area contributed by atoms with Crippen LogP contribution in [-0.2, 0) is 0 Å². The number of para-hydroxylation sites is 1. The molecule has 0 spiro atoms. The Kier molecular flexibility index (Phi) is 8.15. The van der Waals surface area contributed by atoms with E-state index in [4.69, 9.17) is 9.40 Å². The molecule has 58 heavy (non-hydrogen) atoms. The first kappa shape index (κ1) is 33.6. The SMILES string of the molecule is c1ccc(-c2ccc3ccc(N(c4ccccc4)c4cccc(-c5ccc6cc(-c7ccc8c(ccc9nc(-c%10ccccc%10)oc98)c7)ccc6c5)c4)cc3c2)cc1. The van der Waals surface area contributed by atoms with Gasteiger partial charge in [0.05, 0.1) is 0 Å². The van der Waals surface area contributed by atoms with Gasteiger partial charge in [-0.2, -0.15) is 0 Å². The van der Waals surface area contributed by atoms with E-state index in [1.54, 1.807) is 0 Å². The molecule has 0 unspecified atom stereocenters. The second kappa shape index (κ2) is 14.1. The Hall–Kier alpha value is -7.75. The summed E-state index contributed by atoms with van der Waals surface area (Å²) in [5, 5.41) is 7.02. The molecule has 11 rings (SSSR count). The number of hydrogen-bond donors (Lipinski definition) is 0. The quantitative estimate of drug-likeness (QED) is 0.163. The zero-order valence-electron chi connectivity index (χ0n) is 31.6. The van der Waals surface area contributed by atoms with Crippen LogP contribution in [0.3, 0.4) is 0 Å². The molecule has 272 valence electrons. The van der Waals surface area contributed by atoms with E-state index >= 15 is 0 Å². The third kappa shape index (κ3) is 6.16. The third-order valence-electron chi connectivity index (χ3n) is 11.2. The fourth-order valence-electron chi connectivity index (χ4n) is 8.23. The monoisotopic (exact) mass is 740 g/mol. The maximum absolute atomic E-state index is 6.30. The molecule has 1 aromatic heterocycles. The van der Waals surface area contributed by atoms with Gasteiger partial charge in [-0.3, -0.25) is 0 Å². The topological polar surface area (TPSA) is 29.3 Å². The molecule has 10 aromatic carbocycles. The number of benzene rings is 10. The summed E-state index contributed by atoms with van der Waals surface area (Å²) in [6.45, 7) is 0. The molecule has 0 atom stereocenters. The summed E-state index contributed by atoms with van der Waals surface area (Å²) in [4.78, 5) is 7.12. The third-order valence-corrected chi connectivity index (χ3v) is 11.2. The number of oxazole rings is 1. The zero-order chi connectivity index (χ0) is 38.4. The lowest BCUT2D eigenvalue weighted by Crippen LogP contribution is -2.09. The largest absolute Gasteiger partial charge is 0.435 e. The number of nitrogens with zero attached hydrogens (tertiary/aromatic N) is 2. The molecule has 1 heterocycles. The Labute approximate surface area is 336 Å². The Morgan fingerprint density at radius 2 is 0.810 bits per heavy atom. The van der Waals surface area contributed by atoms with Crippen molar-refractivity contribution in [2.24, 2.45) is 0 Å². The fourth-order valence-corrected chi connectivity index (χ4v) is 8.23. The van der Waals surface area contributed by atoms with Crippen LogP contribution in [0, 0.1) is 0 Å². The van der Waals surface area contributed by atoms with Gasteiger partial charge in [0, 0.05) is 28.0 Å². The van der Waals surface area contributed by atoms with Gasteiger partial charge in [0.15, 0.2) is 5.58 Å². The predicted octanol–water partition coefficient (Wildman–Crippen LogP) is 15.4. The van der Waals surface area contributed by atoms with E-state index in [-0.39, 0.29) is 0 Å². The van der Waals surface area contributed by atoms with Crippen molar-refractivity contribution < 1.29 is 4.42 Å². The average Bonchev–Trinajstić information content (AvgIpc) is 3.75. The average molecular weight is 741 g/mol. The molecule has 0 aliphatic heterocycles. The molecule has 0 radical (unpaired) electrons. The highest BCUT2D eigenvalue weighted by Crippen LogP contribution is 2.39. The highest BCUT2D eigenvalue weighted by molar-refractivity contribution is 6.05. The summed E-state index contributed by atoms with van der Waals surface area (Å²) in [6, 6.07) is 78.0. The van der Waals surface area contributed by atoms with E-state index in [1.807, 2.05) is 30.3 Å². The van der Waals surface area contributed by atoms with Crippen LogP contribution >= 0.6 is 0 Å². The second-order valence-corrected chi connectivity index (χ2v) is 14.8. The van der Waals surface area contributed by atoms with Crippen molar-refractivity contribution >= 4 is 60.5 Å². The van der Waals surface area contributed by atoms with Crippen LogP contribution in [0.2, 0.25) is 0 Å². The van der Waals surface area contributed by atoms with Crippen molar-refractivity contribution in [3.63, 3.8) is 0 Å². The standard InChI is InChI=1S/C55H36N2O/c1-4-11-37(12-5-1)41-20-19-38-25-28-51(36-48(38)34-41)57(49-16-8-3-9-17-49)50-18-10-15-40(35-50)42-21-22-44-32-45(24-23-43(44)31-42)46-26-29-52-47(33-46)27-30-53-54(52)58-55(56-53)39-13-6-2-7-14-39/h1-36H. The van der Waals surface area contributed by atoms with Crippen LogP contribution < -0.4 is 4.90 Å². The molecule has 0 saturated carbocycles. The van der Waals surface area contributed by atoms with Crippen molar-refractivity contribution in [2.75, 3.05) is 4.90 Å². The first-order chi connectivity index (χ1) is 28.7. The van der Waals surface area contributed by atoms with E-state index in [0.717, 1.165) is 44.5 Å². The minimum atomic E-state index is 0.643. The first-order valence-corrected chi connectivity index (χ1v) is 19.7. The Balaban J connectivity index is 0.918. The fraction of sp³-hybridized carbons (Fsp3) is 0. The van der Waals surface area contributed by atoms with Crippen LogP contribution in [0.1, 0.15) is 0 Å². The molecule has 0 aliphatic rings. The van der Waals surface area contributed by atoms with Gasteiger partial charge >= 0.3 is 0 Å². The summed E-state index contributed by atoms with van der Waals surface area (Å²) < 4.78 is 6.30. The summed E-state index contributed by atoms with van der Waals surface area (Å²) in [6.07, 6.45) is 0. The molecular weight excluding hydrogens is 705 g/mol. The summed E-state index contributed by atoms with van der Waals surface area (Å²) in [7, 11) is 0. The van der Waals surface area contributed by atoms with Crippen molar-refractivity contribution in [3.8, 4) is 44.8 Å². The maximum atomic E-state index is 6.30. The lowest BCUT2D eigenvalue weighted by Gasteiger charge is -2.26. The van der Waals surface area contributed by atoms with E-state index in [1.165, 1.54) is 54.9 Å². The number of anilines is 3. The lowest BCUT2D eigenvalue weighted by atomic mass is 9.96. The summed E-state index contributed by atoms with van der Waals surface area (Å²) in [5.74, 6) is 0.643. The van der Waals surface area contributed by atoms with Gasteiger partial charge in [-0.1, -0.05) is 133 Å². The molecule has 0 aliphatic carbocycles. The molecule has 0 N–H and O–H groups in total. The van der Waals surface area contributed by atoms with Gasteiger partial charge in [0.25, 0.3) is 0 Å². The van der Waals surface area contributed by atoms with Gasteiger partial charge in [0.2, 0.25) is 5.89 Å². The molecule has 0 amide bonds. The Bertz CT molecular complexity index is 3280. The normalized spacial score (nSPS) is 11.4. The number of fused-ring (bicyclic) bond motifs is 5. The van der Waals surface area contributed by atoms with Crippen molar-refractivity contribution in [1.29, 1.82) is 0 Å². The van der Waals surface area contributed by atoms with Crippen molar-refractivity contribution in [2.45, 2.75) is 0 Å². The number of aromatic nitrogens is 1. The molecule has 11 aromatic rings. The maximum Gasteiger partial charge on any atom is 0.227 e. The lowest BCUT2D eigenvalue weighted by molar-refractivity contribution is 0.623. The van der Waals surface area contributed by atoms with Gasteiger partial charge in [0.1, 0.15) is 5.52 Å². The van der Waals surface area contributed by atoms with Crippen LogP contribution in [0.5, 0.6) is 0 Å². The second-order valence-electron chi connectivity index (χ2n) is 14.8. The smallest absolute Gasteiger partial charge is 0.227 e. The molecule has 0 fully saturated rings. The van der Waals surface area contributed by atoms with Gasteiger partial charge in [-0.25, -0.2) is 4.98 Å². The molecule has 0 bridgehead atoms. The number of rotatable bonds is 7. The van der Waals surface area contributed by atoms with Gasteiger partial charge in [-0.15, -0.1) is 0 Å². The molecular formula is C55H36N2O. The van der Waals surface area contributed by atoms with Crippen LogP contribution in [0.15, 0.2) is 223 Å². The van der Waals surface area contributed by atoms with Crippen LogP contribution in [-0.4, -0.2) is 4.98 Å². The van der Waals surface area contributed by atoms with E-state index in [2.05, 4.69) is 193 Å². The van der Waals surface area contributed by atoms with E-state index in [0.29, 0.717) is 5.89 Å². The Morgan fingerprint density at radius 3 is 1.53 bits per heavy atom. The van der Waals surface area contributed by atoms with Crippen molar-refractivity contribution in [1.82, 2.24) is 4.98 Å². The highest BCUT2D eigenvalue weighted by atomic mass is 16.3. The van der Waals surface area contributed by atoms with Crippen molar-refractivity contribution in [3.05, 3.63) is 218 Å². The highest BCUT2D eigenvalue weighted by Gasteiger charge is 2.16. The van der Waals surface area contributed by atoms with Crippen LogP contribution in [0.4, 0.5) is 17.1 Å². The minimum absolute atomic E-state index is 0.643. The predicted molar refractivity (Wildman–Crippen MR) is 243 cm³/mol. The molecule has 0 saturated heterocycles. The molecule has 3 heteroatoms. The number of hydrogen-bond acceptors (Lipinski definition) is 3. The van der Waals surface area contributed by atoms with Gasteiger partial charge in [-0.05, 0) is 145 Å². The summed E-state index contributed by atoms with van der Waals surface area (Å²) >= 11 is 0.